The number of methoxy groups -OCH3 is 1. The molecule has 1 aromatic heterocycles. The van der Waals surface area contributed by atoms with Gasteiger partial charge in [-0.15, -0.1) is 11.3 Å². The summed E-state index contributed by atoms with van der Waals surface area (Å²) in [6.07, 6.45) is 0. The van der Waals surface area contributed by atoms with Gasteiger partial charge in [-0.2, -0.15) is 0 Å². The summed E-state index contributed by atoms with van der Waals surface area (Å²) in [5.74, 6) is -0.636. The Bertz CT molecular complexity index is 672. The number of esters is 1. The molecule has 5 heteroatoms. The number of benzene rings is 1. The van der Waals surface area contributed by atoms with Crippen LogP contribution in [0.5, 0.6) is 0 Å². The minimum Gasteiger partial charge on any atom is -0.465 e. The summed E-state index contributed by atoms with van der Waals surface area (Å²) in [5.41, 5.74) is 8.97. The molecule has 2 rings (SSSR count). The summed E-state index contributed by atoms with van der Waals surface area (Å²) in [4.78, 5) is 13.0. The van der Waals surface area contributed by atoms with Crippen molar-refractivity contribution < 1.29 is 13.9 Å². The zero-order valence-corrected chi connectivity index (χ0v) is 13.3. The van der Waals surface area contributed by atoms with Gasteiger partial charge in [0.05, 0.1) is 12.8 Å². The van der Waals surface area contributed by atoms with Crippen molar-refractivity contribution in [2.24, 2.45) is 0 Å². The molecule has 0 fully saturated rings. The largest absolute Gasteiger partial charge is 0.465 e. The number of hydrogen-bond acceptors (Lipinski definition) is 4. The van der Waals surface area contributed by atoms with E-state index in [0.29, 0.717) is 10.6 Å². The minimum atomic E-state index is -0.459. The first-order valence-corrected chi connectivity index (χ1v) is 7.44. The van der Waals surface area contributed by atoms with E-state index < -0.39 is 5.97 Å². The molecule has 0 unspecified atom stereocenters. The first-order chi connectivity index (χ1) is 9.85. The third-order valence-electron chi connectivity index (χ3n) is 3.24. The van der Waals surface area contributed by atoms with Crippen molar-refractivity contribution in [2.45, 2.75) is 26.7 Å². The number of hydrogen-bond donors (Lipinski definition) is 1. The Labute approximate surface area is 127 Å². The number of thiophene rings is 1. The smallest absolute Gasteiger partial charge is 0.350 e. The van der Waals surface area contributed by atoms with E-state index >= 15 is 0 Å². The van der Waals surface area contributed by atoms with Gasteiger partial charge in [-0.3, -0.25) is 0 Å². The van der Waals surface area contributed by atoms with Crippen molar-refractivity contribution in [3.8, 4) is 10.4 Å². The second kappa shape index (κ2) is 5.85. The van der Waals surface area contributed by atoms with Crippen LogP contribution in [0.1, 0.15) is 40.6 Å². The molecule has 0 spiro atoms. The van der Waals surface area contributed by atoms with Gasteiger partial charge in [-0.05, 0) is 41.7 Å². The predicted octanol–water partition coefficient (Wildman–Crippen LogP) is 4.35. The van der Waals surface area contributed by atoms with E-state index in [2.05, 4.69) is 0 Å². The molecule has 0 atom stereocenters. The van der Waals surface area contributed by atoms with Crippen molar-refractivity contribution in [2.75, 3.05) is 12.8 Å². The van der Waals surface area contributed by atoms with Crippen molar-refractivity contribution in [3.63, 3.8) is 0 Å². The van der Waals surface area contributed by atoms with Crippen LogP contribution in [0, 0.1) is 12.7 Å². The average Bonchev–Trinajstić information content (AvgIpc) is 2.74. The molecule has 0 saturated heterocycles. The third-order valence-corrected chi connectivity index (χ3v) is 4.49. The topological polar surface area (TPSA) is 52.3 Å². The van der Waals surface area contributed by atoms with Crippen LogP contribution in [-0.2, 0) is 4.74 Å². The van der Waals surface area contributed by atoms with Crippen LogP contribution in [0.15, 0.2) is 18.2 Å². The van der Waals surface area contributed by atoms with Crippen molar-refractivity contribution in [1.82, 2.24) is 0 Å². The second-order valence-corrected chi connectivity index (χ2v) is 6.27. The van der Waals surface area contributed by atoms with E-state index in [1.54, 1.807) is 0 Å². The summed E-state index contributed by atoms with van der Waals surface area (Å²) in [7, 11) is 1.32. The van der Waals surface area contributed by atoms with E-state index in [-0.39, 0.29) is 11.7 Å². The van der Waals surface area contributed by atoms with Gasteiger partial charge in [0, 0.05) is 4.88 Å². The Kier molecular flexibility index (Phi) is 4.32. The fraction of sp³-hybridized carbons (Fsp3) is 0.312. The van der Waals surface area contributed by atoms with Gasteiger partial charge in [0.25, 0.3) is 0 Å². The van der Waals surface area contributed by atoms with Crippen LogP contribution in [0.4, 0.5) is 10.1 Å². The van der Waals surface area contributed by atoms with E-state index in [1.165, 1.54) is 30.6 Å². The molecule has 0 amide bonds. The quantitative estimate of drug-likeness (QED) is 0.857. The SMILES string of the molecule is COC(=O)c1sc(-c2cc(C)cc(F)c2)c(C(C)C)c1N. The van der Waals surface area contributed by atoms with Gasteiger partial charge < -0.3 is 10.5 Å². The molecule has 0 saturated carbocycles. The number of ether oxygens (including phenoxy) is 1. The highest BCUT2D eigenvalue weighted by molar-refractivity contribution is 7.18. The van der Waals surface area contributed by atoms with E-state index in [1.807, 2.05) is 26.8 Å². The number of anilines is 1. The van der Waals surface area contributed by atoms with E-state index in [0.717, 1.165) is 21.6 Å². The van der Waals surface area contributed by atoms with Crippen LogP contribution in [0.3, 0.4) is 0 Å². The van der Waals surface area contributed by atoms with Crippen LogP contribution in [0.2, 0.25) is 0 Å². The highest BCUT2D eigenvalue weighted by Gasteiger charge is 2.24. The molecule has 0 aliphatic rings. The molecule has 2 N–H and O–H groups in total. The molecule has 112 valence electrons. The predicted molar refractivity (Wildman–Crippen MR) is 84.3 cm³/mol. The van der Waals surface area contributed by atoms with Gasteiger partial charge in [-0.25, -0.2) is 9.18 Å². The fourth-order valence-corrected chi connectivity index (χ4v) is 3.64. The number of carbonyl (C=O) groups excluding carboxylic acids is 1. The standard InChI is InChI=1S/C16H18FNO2S/c1-8(2)12-13(18)15(16(19)20-4)21-14(12)10-5-9(3)6-11(17)7-10/h5-8H,18H2,1-4H3. The number of rotatable bonds is 3. The van der Waals surface area contributed by atoms with Gasteiger partial charge in [0.1, 0.15) is 10.7 Å². The number of nitrogen functional groups attached to an aromatic ring is 1. The van der Waals surface area contributed by atoms with Crippen molar-refractivity contribution in [3.05, 3.63) is 40.0 Å². The maximum atomic E-state index is 13.7. The Morgan fingerprint density at radius 1 is 1.33 bits per heavy atom. The first-order valence-electron chi connectivity index (χ1n) is 6.63. The number of aryl methyl sites for hydroxylation is 1. The molecule has 21 heavy (non-hydrogen) atoms. The molecular formula is C16H18FNO2S. The maximum absolute atomic E-state index is 13.7. The molecule has 1 aromatic carbocycles. The maximum Gasteiger partial charge on any atom is 0.350 e. The van der Waals surface area contributed by atoms with Gasteiger partial charge >= 0.3 is 5.97 Å². The molecule has 0 aliphatic heterocycles. The molecule has 3 nitrogen and oxygen atoms in total. The van der Waals surface area contributed by atoms with Gasteiger partial charge in [-0.1, -0.05) is 19.9 Å². The Morgan fingerprint density at radius 3 is 2.52 bits per heavy atom. The Morgan fingerprint density at radius 2 is 2.00 bits per heavy atom. The molecule has 0 radical (unpaired) electrons. The lowest BCUT2D eigenvalue weighted by Gasteiger charge is -2.10. The highest BCUT2D eigenvalue weighted by Crippen LogP contribution is 2.43. The summed E-state index contributed by atoms with van der Waals surface area (Å²) >= 11 is 1.25. The van der Waals surface area contributed by atoms with Crippen LogP contribution >= 0.6 is 11.3 Å². The summed E-state index contributed by atoms with van der Waals surface area (Å²) < 4.78 is 18.4. The fourth-order valence-electron chi connectivity index (χ4n) is 2.36. The lowest BCUT2D eigenvalue weighted by Crippen LogP contribution is -2.03. The zero-order chi connectivity index (χ0) is 15.7. The Hall–Kier alpha value is -1.88. The summed E-state index contributed by atoms with van der Waals surface area (Å²) in [6.45, 7) is 5.82. The van der Waals surface area contributed by atoms with Crippen molar-refractivity contribution in [1.29, 1.82) is 0 Å². The van der Waals surface area contributed by atoms with E-state index in [9.17, 15) is 9.18 Å². The second-order valence-electron chi connectivity index (χ2n) is 5.25. The van der Waals surface area contributed by atoms with Gasteiger partial charge in [0.15, 0.2) is 0 Å². The zero-order valence-electron chi connectivity index (χ0n) is 12.5. The van der Waals surface area contributed by atoms with Crippen LogP contribution in [0.25, 0.3) is 10.4 Å². The summed E-state index contributed by atoms with van der Waals surface area (Å²) in [5, 5.41) is 0. The number of nitrogens with two attached hydrogens (primary N) is 1. The Balaban J connectivity index is 2.70. The van der Waals surface area contributed by atoms with E-state index in [4.69, 9.17) is 10.5 Å². The monoisotopic (exact) mass is 307 g/mol. The highest BCUT2D eigenvalue weighted by atomic mass is 32.1. The summed E-state index contributed by atoms with van der Waals surface area (Å²) in [6, 6.07) is 4.82. The van der Waals surface area contributed by atoms with Crippen LogP contribution in [-0.4, -0.2) is 13.1 Å². The third kappa shape index (κ3) is 2.93. The van der Waals surface area contributed by atoms with Crippen LogP contribution < -0.4 is 5.73 Å². The van der Waals surface area contributed by atoms with Gasteiger partial charge in [0.2, 0.25) is 0 Å². The molecule has 2 aromatic rings. The average molecular weight is 307 g/mol. The lowest BCUT2D eigenvalue weighted by molar-refractivity contribution is 0.0607. The molecule has 1 heterocycles. The number of carbonyl (C=O) groups is 1. The van der Waals surface area contributed by atoms with Crippen molar-refractivity contribution >= 4 is 23.0 Å². The molecule has 0 aliphatic carbocycles. The lowest BCUT2D eigenvalue weighted by atomic mass is 9.97. The normalized spacial score (nSPS) is 11.0. The molecule has 0 bridgehead atoms. The number of halogens is 1. The minimum absolute atomic E-state index is 0.123. The first kappa shape index (κ1) is 15.5. The molecular weight excluding hydrogens is 289 g/mol.